The third-order valence-electron chi connectivity index (χ3n) is 4.43. The van der Waals surface area contributed by atoms with Crippen molar-refractivity contribution in [2.45, 2.75) is 32.5 Å². The summed E-state index contributed by atoms with van der Waals surface area (Å²) < 4.78 is 5.88. The van der Waals surface area contributed by atoms with E-state index in [0.29, 0.717) is 0 Å². The molecule has 2 atom stereocenters. The van der Waals surface area contributed by atoms with E-state index < -0.39 is 6.23 Å². The van der Waals surface area contributed by atoms with Crippen LogP contribution in [0.5, 0.6) is 5.75 Å². The van der Waals surface area contributed by atoms with E-state index in [9.17, 15) is 4.79 Å². The third-order valence-corrected chi connectivity index (χ3v) is 4.43. The first-order valence-corrected chi connectivity index (χ1v) is 7.82. The van der Waals surface area contributed by atoms with Crippen LogP contribution in [0, 0.1) is 6.92 Å². The van der Waals surface area contributed by atoms with Gasteiger partial charge in [0.2, 0.25) is 6.23 Å². The predicted octanol–water partition coefficient (Wildman–Crippen LogP) is 3.45. The van der Waals surface area contributed by atoms with Crippen LogP contribution < -0.4 is 4.74 Å². The van der Waals surface area contributed by atoms with Gasteiger partial charge in [0.15, 0.2) is 5.78 Å². The van der Waals surface area contributed by atoms with Gasteiger partial charge in [0.1, 0.15) is 5.75 Å². The van der Waals surface area contributed by atoms with E-state index >= 15 is 0 Å². The van der Waals surface area contributed by atoms with Gasteiger partial charge >= 0.3 is 0 Å². The van der Waals surface area contributed by atoms with E-state index in [4.69, 9.17) is 9.84 Å². The van der Waals surface area contributed by atoms with Crippen molar-refractivity contribution in [3.63, 3.8) is 0 Å². The highest BCUT2D eigenvalue weighted by Gasteiger charge is 2.41. The number of carbonyl (C=O) groups is 1. The summed E-state index contributed by atoms with van der Waals surface area (Å²) in [4.78, 5) is 12.0. The van der Waals surface area contributed by atoms with E-state index in [1.807, 2.05) is 23.2 Å². The standard InChI is InChI=1S/C19H18N2O2/c1-12-7-9-14(10-8-12)16-11-17-15-5-3-4-6-18(15)23-19(13(2)22)21(17)20-16/h3-10,17,19H,11H2,1-2H3/t17-,19+/m0/s1. The Morgan fingerprint density at radius 1 is 1.17 bits per heavy atom. The summed E-state index contributed by atoms with van der Waals surface area (Å²) in [5.74, 6) is 0.757. The first-order chi connectivity index (χ1) is 11.1. The topological polar surface area (TPSA) is 41.9 Å². The van der Waals surface area contributed by atoms with Gasteiger partial charge in [0, 0.05) is 18.9 Å². The number of hydrogen-bond acceptors (Lipinski definition) is 4. The van der Waals surface area contributed by atoms with Crippen LogP contribution in [0.3, 0.4) is 0 Å². The summed E-state index contributed by atoms with van der Waals surface area (Å²) in [5, 5.41) is 6.53. The fourth-order valence-corrected chi connectivity index (χ4v) is 3.22. The number of Topliss-reactive ketones (excluding diaryl/α,β-unsaturated/α-hetero) is 1. The van der Waals surface area contributed by atoms with Crippen LogP contribution in [0.15, 0.2) is 53.6 Å². The lowest BCUT2D eigenvalue weighted by Gasteiger charge is -2.36. The van der Waals surface area contributed by atoms with Crippen molar-refractivity contribution in [3.8, 4) is 5.75 Å². The van der Waals surface area contributed by atoms with Crippen molar-refractivity contribution in [3.05, 3.63) is 65.2 Å². The highest BCUT2D eigenvalue weighted by Crippen LogP contribution is 2.42. The zero-order chi connectivity index (χ0) is 16.0. The predicted molar refractivity (Wildman–Crippen MR) is 88.5 cm³/mol. The van der Waals surface area contributed by atoms with Gasteiger partial charge < -0.3 is 4.74 Å². The molecule has 0 spiro atoms. The molecule has 4 rings (SSSR count). The largest absolute Gasteiger partial charge is 0.461 e. The summed E-state index contributed by atoms with van der Waals surface area (Å²) in [6, 6.07) is 16.3. The van der Waals surface area contributed by atoms with Gasteiger partial charge in [0.25, 0.3) is 0 Å². The van der Waals surface area contributed by atoms with Crippen molar-refractivity contribution in [2.75, 3.05) is 0 Å². The Bertz CT molecular complexity index is 795. The molecule has 0 unspecified atom stereocenters. The van der Waals surface area contributed by atoms with Gasteiger partial charge in [-0.05, 0) is 18.6 Å². The molecule has 0 fully saturated rings. The zero-order valence-corrected chi connectivity index (χ0v) is 13.2. The average Bonchev–Trinajstić information content (AvgIpc) is 3.00. The highest BCUT2D eigenvalue weighted by molar-refractivity contribution is 6.02. The lowest BCUT2D eigenvalue weighted by molar-refractivity contribution is -0.135. The maximum absolute atomic E-state index is 12.0. The Hall–Kier alpha value is -2.62. The fourth-order valence-electron chi connectivity index (χ4n) is 3.22. The number of hydrogen-bond donors (Lipinski definition) is 0. The molecule has 0 N–H and O–H groups in total. The highest BCUT2D eigenvalue weighted by atomic mass is 16.5. The second kappa shape index (κ2) is 5.23. The summed E-state index contributed by atoms with van der Waals surface area (Å²) in [5.41, 5.74) is 4.42. The Morgan fingerprint density at radius 2 is 1.91 bits per heavy atom. The first kappa shape index (κ1) is 14.0. The second-order valence-corrected chi connectivity index (χ2v) is 6.13. The van der Waals surface area contributed by atoms with Crippen LogP contribution in [0.4, 0.5) is 0 Å². The van der Waals surface area contributed by atoms with E-state index in [2.05, 4.69) is 37.3 Å². The van der Waals surface area contributed by atoms with Crippen molar-refractivity contribution >= 4 is 11.5 Å². The summed E-state index contributed by atoms with van der Waals surface area (Å²) in [6.07, 6.45) is 0.144. The van der Waals surface area contributed by atoms with Crippen LogP contribution in [-0.2, 0) is 4.79 Å². The number of hydrazone groups is 1. The fraction of sp³-hybridized carbons (Fsp3) is 0.263. The number of fused-ring (bicyclic) bond motifs is 3. The maximum Gasteiger partial charge on any atom is 0.246 e. The number of carbonyl (C=O) groups excluding carboxylic acids is 1. The number of benzene rings is 2. The summed E-state index contributed by atoms with van der Waals surface area (Å²) in [6.45, 7) is 3.62. The third kappa shape index (κ3) is 2.31. The molecule has 0 saturated carbocycles. The molecule has 2 aromatic carbocycles. The molecular weight excluding hydrogens is 288 g/mol. The average molecular weight is 306 g/mol. The molecule has 0 aliphatic carbocycles. The molecule has 116 valence electrons. The molecule has 23 heavy (non-hydrogen) atoms. The van der Waals surface area contributed by atoms with Gasteiger partial charge in [-0.2, -0.15) is 5.10 Å². The minimum absolute atomic E-state index is 0.0293. The summed E-state index contributed by atoms with van der Waals surface area (Å²) in [7, 11) is 0. The molecule has 0 amide bonds. The number of nitrogens with zero attached hydrogens (tertiary/aromatic N) is 2. The van der Waals surface area contributed by atoms with Crippen LogP contribution in [0.25, 0.3) is 0 Å². The van der Waals surface area contributed by atoms with Crippen molar-refractivity contribution in [2.24, 2.45) is 5.10 Å². The van der Waals surface area contributed by atoms with Crippen molar-refractivity contribution in [1.82, 2.24) is 5.01 Å². The Labute approximate surface area is 135 Å². The van der Waals surface area contributed by atoms with Crippen LogP contribution in [0.2, 0.25) is 0 Å². The van der Waals surface area contributed by atoms with Gasteiger partial charge in [-0.15, -0.1) is 0 Å². The molecule has 2 aliphatic heterocycles. The lowest BCUT2D eigenvalue weighted by Crippen LogP contribution is -2.44. The Balaban J connectivity index is 1.75. The number of ketones is 1. The number of aryl methyl sites for hydroxylation is 1. The molecule has 0 aromatic heterocycles. The zero-order valence-electron chi connectivity index (χ0n) is 13.2. The molecule has 2 aromatic rings. The Morgan fingerprint density at radius 3 is 2.65 bits per heavy atom. The number of ether oxygens (including phenoxy) is 1. The van der Waals surface area contributed by atoms with Crippen LogP contribution in [0.1, 0.15) is 36.1 Å². The van der Waals surface area contributed by atoms with E-state index in [1.54, 1.807) is 6.92 Å². The smallest absolute Gasteiger partial charge is 0.246 e. The van der Waals surface area contributed by atoms with Crippen LogP contribution >= 0.6 is 0 Å². The lowest BCUT2D eigenvalue weighted by atomic mass is 9.96. The van der Waals surface area contributed by atoms with E-state index in [0.717, 1.165) is 29.0 Å². The molecule has 0 radical (unpaired) electrons. The first-order valence-electron chi connectivity index (χ1n) is 7.82. The molecule has 0 saturated heterocycles. The molecule has 4 nitrogen and oxygen atoms in total. The Kier molecular flexibility index (Phi) is 3.18. The van der Waals surface area contributed by atoms with E-state index in [1.165, 1.54) is 5.56 Å². The second-order valence-electron chi connectivity index (χ2n) is 6.13. The van der Waals surface area contributed by atoms with Gasteiger partial charge in [-0.3, -0.25) is 4.79 Å². The molecular formula is C19H18N2O2. The van der Waals surface area contributed by atoms with Gasteiger partial charge in [-0.1, -0.05) is 48.0 Å². The van der Waals surface area contributed by atoms with Crippen LogP contribution in [-0.4, -0.2) is 22.7 Å². The van der Waals surface area contributed by atoms with Crippen molar-refractivity contribution < 1.29 is 9.53 Å². The SMILES string of the molecule is CC(=O)[C@H]1Oc2ccccc2[C@@H]2CC(c3ccc(C)cc3)=NN12. The molecule has 2 heterocycles. The minimum atomic E-state index is -0.641. The molecule has 0 bridgehead atoms. The number of rotatable bonds is 2. The normalized spacial score (nSPS) is 22.0. The van der Waals surface area contributed by atoms with Gasteiger partial charge in [-0.25, -0.2) is 5.01 Å². The molecule has 2 aliphatic rings. The maximum atomic E-state index is 12.0. The quantitative estimate of drug-likeness (QED) is 0.853. The van der Waals surface area contributed by atoms with Gasteiger partial charge in [0.05, 0.1) is 11.8 Å². The van der Waals surface area contributed by atoms with E-state index in [-0.39, 0.29) is 11.8 Å². The monoisotopic (exact) mass is 306 g/mol. The minimum Gasteiger partial charge on any atom is -0.461 e. The van der Waals surface area contributed by atoms with Crippen molar-refractivity contribution in [1.29, 1.82) is 0 Å². The molecule has 4 heteroatoms. The summed E-state index contributed by atoms with van der Waals surface area (Å²) >= 11 is 0. The number of para-hydroxylation sites is 1.